The van der Waals surface area contributed by atoms with Gasteiger partial charge in [0.25, 0.3) is 0 Å². The van der Waals surface area contributed by atoms with Gasteiger partial charge in [-0.25, -0.2) is 0 Å². The Kier molecular flexibility index (Phi) is 3.02. The Morgan fingerprint density at radius 2 is 1.61 bits per heavy atom. The minimum Gasteiger partial charge on any atom is -0.508 e. The summed E-state index contributed by atoms with van der Waals surface area (Å²) in [6, 6.07) is 6.43. The number of nitrogens with one attached hydrogen (secondary N) is 1. The molecule has 0 saturated carbocycles. The van der Waals surface area contributed by atoms with E-state index in [2.05, 4.69) is 4.98 Å². The van der Waals surface area contributed by atoms with Crippen LogP contribution in [0.5, 0.6) is 17.5 Å². The first-order chi connectivity index (χ1) is 8.49. The van der Waals surface area contributed by atoms with Gasteiger partial charge >= 0.3 is 0 Å². The zero-order chi connectivity index (χ0) is 13.3. The van der Waals surface area contributed by atoms with Crippen LogP contribution in [0.4, 0.5) is 0 Å². The lowest BCUT2D eigenvalue weighted by Crippen LogP contribution is -1.80. The predicted molar refractivity (Wildman–Crippen MR) is 70.5 cm³/mol. The zero-order valence-electron chi connectivity index (χ0n) is 10.2. The van der Waals surface area contributed by atoms with Gasteiger partial charge < -0.3 is 15.3 Å². The van der Waals surface area contributed by atoms with Crippen LogP contribution in [0, 0.1) is 0 Å². The minimum absolute atomic E-state index is 0.0724. The normalized spacial score (nSPS) is 10.3. The molecule has 1 aromatic heterocycles. The van der Waals surface area contributed by atoms with Crippen molar-refractivity contribution in [2.45, 2.75) is 13.8 Å². The quantitative estimate of drug-likeness (QED) is 0.656. The number of benzene rings is 1. The van der Waals surface area contributed by atoms with E-state index >= 15 is 0 Å². The maximum Gasteiger partial charge on any atom is 0.199 e. The summed E-state index contributed by atoms with van der Waals surface area (Å²) >= 11 is 0. The molecule has 2 aromatic rings. The standard InChI is InChI=1S/C14H15NO3/c1-8(2)7-11-12(14(18)15-13(11)17)9-3-5-10(16)6-4-9/h3-7,15-18H,1-2H3. The SMILES string of the molecule is CC(C)=Cc1c(O)[nH]c(O)c1-c1ccc(O)cc1. The van der Waals surface area contributed by atoms with E-state index in [0.29, 0.717) is 16.7 Å². The Morgan fingerprint density at radius 1 is 1.00 bits per heavy atom. The first kappa shape index (κ1) is 12.1. The lowest BCUT2D eigenvalue weighted by Gasteiger charge is -2.03. The second kappa shape index (κ2) is 4.49. The monoisotopic (exact) mass is 245 g/mol. The van der Waals surface area contributed by atoms with Gasteiger partial charge in [-0.3, -0.25) is 4.98 Å². The summed E-state index contributed by atoms with van der Waals surface area (Å²) in [4.78, 5) is 2.50. The van der Waals surface area contributed by atoms with Crippen molar-refractivity contribution >= 4 is 6.08 Å². The number of aromatic hydroxyl groups is 3. The molecule has 0 aliphatic carbocycles. The number of H-pyrrole nitrogens is 1. The van der Waals surface area contributed by atoms with Crippen LogP contribution in [-0.2, 0) is 0 Å². The van der Waals surface area contributed by atoms with Crippen molar-refractivity contribution in [2.75, 3.05) is 0 Å². The summed E-state index contributed by atoms with van der Waals surface area (Å²) in [6.07, 6.45) is 1.79. The first-order valence-electron chi connectivity index (χ1n) is 5.57. The van der Waals surface area contributed by atoms with Gasteiger partial charge in [-0.05, 0) is 31.5 Å². The van der Waals surface area contributed by atoms with Crippen molar-refractivity contribution in [3.8, 4) is 28.6 Å². The van der Waals surface area contributed by atoms with E-state index in [1.165, 1.54) is 12.1 Å². The van der Waals surface area contributed by atoms with Crippen LogP contribution in [0.3, 0.4) is 0 Å². The van der Waals surface area contributed by atoms with Gasteiger partial charge in [-0.2, -0.15) is 0 Å². The lowest BCUT2D eigenvalue weighted by atomic mass is 10.0. The highest BCUT2D eigenvalue weighted by molar-refractivity contribution is 5.83. The highest BCUT2D eigenvalue weighted by atomic mass is 16.3. The molecule has 0 bridgehead atoms. The molecular weight excluding hydrogens is 230 g/mol. The number of rotatable bonds is 2. The number of aromatic nitrogens is 1. The fourth-order valence-corrected chi connectivity index (χ4v) is 1.84. The van der Waals surface area contributed by atoms with Crippen molar-refractivity contribution in [3.05, 3.63) is 35.4 Å². The molecule has 4 nitrogen and oxygen atoms in total. The molecule has 0 spiro atoms. The van der Waals surface area contributed by atoms with Crippen molar-refractivity contribution in [1.29, 1.82) is 0 Å². The third-order valence-electron chi connectivity index (χ3n) is 2.59. The van der Waals surface area contributed by atoms with Crippen LogP contribution in [0.25, 0.3) is 17.2 Å². The summed E-state index contributed by atoms with van der Waals surface area (Å²) in [5.74, 6) is -0.00998. The molecule has 0 fully saturated rings. The molecule has 0 radical (unpaired) electrons. The van der Waals surface area contributed by atoms with E-state index in [1.54, 1.807) is 18.2 Å². The van der Waals surface area contributed by atoms with Crippen molar-refractivity contribution < 1.29 is 15.3 Å². The average Bonchev–Trinajstić information content (AvgIpc) is 2.55. The van der Waals surface area contributed by atoms with Gasteiger partial charge in [0.05, 0.1) is 5.56 Å². The van der Waals surface area contributed by atoms with E-state index < -0.39 is 0 Å². The van der Waals surface area contributed by atoms with Crippen molar-refractivity contribution in [1.82, 2.24) is 4.98 Å². The zero-order valence-corrected chi connectivity index (χ0v) is 10.2. The van der Waals surface area contributed by atoms with Gasteiger partial charge in [0, 0.05) is 5.56 Å². The molecule has 1 aromatic carbocycles. The van der Waals surface area contributed by atoms with Crippen molar-refractivity contribution in [3.63, 3.8) is 0 Å². The molecule has 0 atom stereocenters. The van der Waals surface area contributed by atoms with E-state index in [9.17, 15) is 15.3 Å². The molecule has 0 amide bonds. The number of aromatic amines is 1. The van der Waals surface area contributed by atoms with Crippen LogP contribution in [0.1, 0.15) is 19.4 Å². The second-order valence-corrected chi connectivity index (χ2v) is 4.38. The van der Waals surface area contributed by atoms with E-state index in [0.717, 1.165) is 5.57 Å². The molecule has 94 valence electrons. The number of allylic oxidation sites excluding steroid dienone is 1. The van der Waals surface area contributed by atoms with Gasteiger partial charge in [0.15, 0.2) is 11.8 Å². The van der Waals surface area contributed by atoms with Crippen molar-refractivity contribution in [2.24, 2.45) is 0 Å². The predicted octanol–water partition coefficient (Wildman–Crippen LogP) is 3.22. The smallest absolute Gasteiger partial charge is 0.199 e. The Labute approximate surface area is 105 Å². The maximum absolute atomic E-state index is 9.84. The summed E-state index contributed by atoms with van der Waals surface area (Å²) in [6.45, 7) is 3.81. The summed E-state index contributed by atoms with van der Waals surface area (Å²) in [5.41, 5.74) is 2.78. The summed E-state index contributed by atoms with van der Waals surface area (Å²) in [7, 11) is 0. The Hall–Kier alpha value is -2.36. The Bertz CT molecular complexity index is 590. The molecule has 0 aliphatic heterocycles. The lowest BCUT2D eigenvalue weighted by molar-refractivity contribution is 0.425. The van der Waals surface area contributed by atoms with Gasteiger partial charge in [0.2, 0.25) is 0 Å². The molecular formula is C14H15NO3. The molecule has 2 rings (SSSR count). The average molecular weight is 245 g/mol. The molecule has 4 heteroatoms. The third-order valence-corrected chi connectivity index (χ3v) is 2.59. The molecule has 1 heterocycles. The third kappa shape index (κ3) is 2.18. The Morgan fingerprint density at radius 3 is 2.17 bits per heavy atom. The van der Waals surface area contributed by atoms with Crippen LogP contribution < -0.4 is 0 Å². The van der Waals surface area contributed by atoms with Crippen LogP contribution >= 0.6 is 0 Å². The minimum atomic E-state index is -0.0920. The van der Waals surface area contributed by atoms with Gasteiger partial charge in [-0.15, -0.1) is 0 Å². The number of hydrogen-bond acceptors (Lipinski definition) is 3. The largest absolute Gasteiger partial charge is 0.508 e. The maximum atomic E-state index is 9.84. The van der Waals surface area contributed by atoms with Crippen LogP contribution in [0.2, 0.25) is 0 Å². The molecule has 0 unspecified atom stereocenters. The second-order valence-electron chi connectivity index (χ2n) is 4.38. The van der Waals surface area contributed by atoms with Crippen LogP contribution in [0.15, 0.2) is 29.8 Å². The molecule has 4 N–H and O–H groups in total. The highest BCUT2D eigenvalue weighted by Crippen LogP contribution is 2.39. The van der Waals surface area contributed by atoms with Gasteiger partial charge in [0.1, 0.15) is 5.75 Å². The summed E-state index contributed by atoms with van der Waals surface area (Å²) < 4.78 is 0. The van der Waals surface area contributed by atoms with Gasteiger partial charge in [-0.1, -0.05) is 23.8 Å². The van der Waals surface area contributed by atoms with Crippen LogP contribution in [-0.4, -0.2) is 20.3 Å². The van der Waals surface area contributed by atoms with E-state index in [4.69, 9.17) is 0 Å². The Balaban J connectivity index is 2.63. The first-order valence-corrected chi connectivity index (χ1v) is 5.57. The van der Waals surface area contributed by atoms with E-state index in [-0.39, 0.29) is 17.5 Å². The fraction of sp³-hybridized carbons (Fsp3) is 0.143. The molecule has 0 aliphatic rings. The number of phenolic OH excluding ortho intramolecular Hbond substituents is 1. The number of hydrogen-bond donors (Lipinski definition) is 4. The molecule has 0 saturated heterocycles. The van der Waals surface area contributed by atoms with E-state index in [1.807, 2.05) is 13.8 Å². The molecule has 18 heavy (non-hydrogen) atoms. The highest BCUT2D eigenvalue weighted by Gasteiger charge is 2.16. The topological polar surface area (TPSA) is 76.5 Å². The number of phenols is 1. The summed E-state index contributed by atoms with van der Waals surface area (Å²) in [5, 5.41) is 28.9. The fourth-order valence-electron chi connectivity index (χ4n) is 1.84.